The quantitative estimate of drug-likeness (QED) is 0.294. The van der Waals surface area contributed by atoms with Crippen LogP contribution in [-0.4, -0.2) is 19.9 Å². The molecule has 0 atom stereocenters. The maximum Gasteiger partial charge on any atom is 0.161 e. The predicted molar refractivity (Wildman–Crippen MR) is 126 cm³/mol. The van der Waals surface area contributed by atoms with Gasteiger partial charge in [0.05, 0.1) is 26.5 Å². The maximum absolute atomic E-state index is 6.23. The van der Waals surface area contributed by atoms with Crippen molar-refractivity contribution in [3.8, 4) is 17.2 Å². The van der Waals surface area contributed by atoms with Gasteiger partial charge in [0.2, 0.25) is 0 Å². The van der Waals surface area contributed by atoms with Gasteiger partial charge in [-0.15, -0.1) is 0 Å². The first-order valence-electron chi connectivity index (χ1n) is 9.82. The molecular formula is C24H24Cl2N2O3. The third-order valence-electron chi connectivity index (χ3n) is 4.43. The van der Waals surface area contributed by atoms with Crippen LogP contribution in [0.5, 0.6) is 17.2 Å². The minimum atomic E-state index is 0.310. The van der Waals surface area contributed by atoms with Crippen LogP contribution in [0.3, 0.4) is 0 Å². The summed E-state index contributed by atoms with van der Waals surface area (Å²) in [7, 11) is 1.65. The summed E-state index contributed by atoms with van der Waals surface area (Å²) in [6.45, 7) is 3.31. The van der Waals surface area contributed by atoms with Gasteiger partial charge in [0, 0.05) is 21.2 Å². The fraction of sp³-hybridized carbons (Fsp3) is 0.208. The zero-order valence-electron chi connectivity index (χ0n) is 17.4. The summed E-state index contributed by atoms with van der Waals surface area (Å²) in [5.41, 5.74) is 5.80. The monoisotopic (exact) mass is 458 g/mol. The molecule has 5 nitrogen and oxygen atoms in total. The van der Waals surface area contributed by atoms with Crippen LogP contribution in [0, 0.1) is 0 Å². The zero-order valence-corrected chi connectivity index (χ0v) is 18.9. The Morgan fingerprint density at radius 1 is 0.903 bits per heavy atom. The third-order valence-corrected chi connectivity index (χ3v) is 5.02. The highest BCUT2D eigenvalue weighted by atomic mass is 35.5. The molecule has 7 heteroatoms. The number of halogens is 2. The highest BCUT2D eigenvalue weighted by Crippen LogP contribution is 2.30. The molecule has 0 aliphatic carbocycles. The van der Waals surface area contributed by atoms with Crippen molar-refractivity contribution in [3.63, 3.8) is 0 Å². The molecule has 0 heterocycles. The van der Waals surface area contributed by atoms with E-state index < -0.39 is 0 Å². The number of ether oxygens (including phenoxy) is 3. The average Bonchev–Trinajstić information content (AvgIpc) is 2.77. The number of para-hydroxylation sites is 1. The number of hydrazone groups is 1. The van der Waals surface area contributed by atoms with Crippen molar-refractivity contribution < 1.29 is 14.2 Å². The molecule has 0 saturated heterocycles. The van der Waals surface area contributed by atoms with Crippen molar-refractivity contribution >= 4 is 29.4 Å². The van der Waals surface area contributed by atoms with Crippen molar-refractivity contribution in [2.75, 3.05) is 13.7 Å². The Balaban J connectivity index is 1.64. The van der Waals surface area contributed by atoms with Gasteiger partial charge < -0.3 is 19.6 Å². The van der Waals surface area contributed by atoms with E-state index in [9.17, 15) is 0 Å². The summed E-state index contributed by atoms with van der Waals surface area (Å²) in [6.07, 6.45) is 1.73. The van der Waals surface area contributed by atoms with E-state index in [0.29, 0.717) is 41.3 Å². The van der Waals surface area contributed by atoms with Crippen LogP contribution >= 0.6 is 23.2 Å². The van der Waals surface area contributed by atoms with E-state index in [-0.39, 0.29) is 0 Å². The first kappa shape index (κ1) is 22.8. The molecular weight excluding hydrogens is 435 g/mol. The fourth-order valence-corrected chi connectivity index (χ4v) is 3.35. The molecule has 162 valence electrons. The number of benzene rings is 3. The van der Waals surface area contributed by atoms with Gasteiger partial charge in [-0.2, -0.15) is 5.10 Å². The largest absolute Gasteiger partial charge is 0.496 e. The van der Waals surface area contributed by atoms with E-state index in [1.807, 2.05) is 55.5 Å². The number of nitrogens with one attached hydrogen (secondary N) is 1. The van der Waals surface area contributed by atoms with E-state index in [4.69, 9.17) is 37.4 Å². The molecule has 0 amide bonds. The summed E-state index contributed by atoms with van der Waals surface area (Å²) in [6, 6.07) is 18.8. The van der Waals surface area contributed by atoms with E-state index in [0.717, 1.165) is 22.4 Å². The molecule has 0 aliphatic rings. The Hall–Kier alpha value is -2.89. The van der Waals surface area contributed by atoms with Crippen LogP contribution in [0.25, 0.3) is 0 Å². The minimum Gasteiger partial charge on any atom is -0.496 e. The van der Waals surface area contributed by atoms with Crippen LogP contribution < -0.4 is 19.6 Å². The van der Waals surface area contributed by atoms with Gasteiger partial charge in [0.1, 0.15) is 12.4 Å². The molecule has 0 spiro atoms. The van der Waals surface area contributed by atoms with Gasteiger partial charge in [-0.05, 0) is 48.9 Å². The summed E-state index contributed by atoms with van der Waals surface area (Å²) in [4.78, 5) is 0. The highest BCUT2D eigenvalue weighted by molar-refractivity contribution is 6.35. The van der Waals surface area contributed by atoms with Gasteiger partial charge in [-0.25, -0.2) is 0 Å². The first-order valence-corrected chi connectivity index (χ1v) is 10.6. The van der Waals surface area contributed by atoms with E-state index in [1.54, 1.807) is 25.5 Å². The summed E-state index contributed by atoms with van der Waals surface area (Å²) in [5, 5.41) is 5.45. The number of hydrogen-bond donors (Lipinski definition) is 1. The third kappa shape index (κ3) is 6.54. The Kier molecular flexibility index (Phi) is 8.44. The number of hydrogen-bond acceptors (Lipinski definition) is 5. The molecule has 0 saturated carbocycles. The minimum absolute atomic E-state index is 0.310. The van der Waals surface area contributed by atoms with E-state index >= 15 is 0 Å². The number of rotatable bonds is 10. The SMILES string of the molecule is CCOc1cc(/C=N\NCc2ccccc2OC)ccc1OCc1ccc(Cl)cc1Cl. The lowest BCUT2D eigenvalue weighted by Crippen LogP contribution is -2.07. The van der Waals surface area contributed by atoms with Crippen molar-refractivity contribution in [1.82, 2.24) is 5.43 Å². The van der Waals surface area contributed by atoms with Crippen molar-refractivity contribution in [3.05, 3.63) is 87.4 Å². The lowest BCUT2D eigenvalue weighted by molar-refractivity contribution is 0.269. The Labute approximate surface area is 192 Å². The second-order valence-electron chi connectivity index (χ2n) is 6.57. The van der Waals surface area contributed by atoms with Crippen LogP contribution in [-0.2, 0) is 13.2 Å². The van der Waals surface area contributed by atoms with Crippen LogP contribution in [0.4, 0.5) is 0 Å². The maximum atomic E-state index is 6.23. The molecule has 31 heavy (non-hydrogen) atoms. The standard InChI is InChI=1S/C24H24Cl2N2O3/c1-3-30-24-12-17(14-27-28-15-18-6-4-5-7-22(18)29-2)8-11-23(24)31-16-19-9-10-20(25)13-21(19)26/h4-14,28H,3,15-16H2,1-2H3/b27-14-. The predicted octanol–water partition coefficient (Wildman–Crippen LogP) is 6.10. The van der Waals surface area contributed by atoms with Gasteiger partial charge >= 0.3 is 0 Å². The van der Waals surface area contributed by atoms with Gasteiger partial charge in [-0.3, -0.25) is 0 Å². The normalized spacial score (nSPS) is 10.8. The molecule has 1 N–H and O–H groups in total. The van der Waals surface area contributed by atoms with Crippen LogP contribution in [0.2, 0.25) is 10.0 Å². The van der Waals surface area contributed by atoms with Gasteiger partial charge in [0.15, 0.2) is 11.5 Å². The van der Waals surface area contributed by atoms with Crippen LogP contribution in [0.15, 0.2) is 65.8 Å². The molecule has 3 aromatic rings. The number of methoxy groups -OCH3 is 1. The average molecular weight is 459 g/mol. The molecule has 0 aromatic heterocycles. The Morgan fingerprint density at radius 3 is 2.52 bits per heavy atom. The second kappa shape index (κ2) is 11.5. The summed E-state index contributed by atoms with van der Waals surface area (Å²) >= 11 is 12.2. The molecule has 0 aliphatic heterocycles. The van der Waals surface area contributed by atoms with E-state index in [1.165, 1.54) is 0 Å². The summed E-state index contributed by atoms with van der Waals surface area (Å²) in [5.74, 6) is 2.10. The highest BCUT2D eigenvalue weighted by Gasteiger charge is 2.08. The molecule has 0 unspecified atom stereocenters. The molecule has 3 aromatic carbocycles. The van der Waals surface area contributed by atoms with Gasteiger partial charge in [0.25, 0.3) is 0 Å². The smallest absolute Gasteiger partial charge is 0.161 e. The molecule has 0 bridgehead atoms. The molecule has 0 radical (unpaired) electrons. The van der Waals surface area contributed by atoms with E-state index in [2.05, 4.69) is 10.5 Å². The topological polar surface area (TPSA) is 52.1 Å². The molecule has 0 fully saturated rings. The Morgan fingerprint density at radius 2 is 1.74 bits per heavy atom. The van der Waals surface area contributed by atoms with Gasteiger partial charge in [-0.1, -0.05) is 47.5 Å². The van der Waals surface area contributed by atoms with Crippen molar-refractivity contribution in [2.24, 2.45) is 5.10 Å². The Bertz CT molecular complexity index is 1040. The second-order valence-corrected chi connectivity index (χ2v) is 7.41. The van der Waals surface area contributed by atoms with Crippen molar-refractivity contribution in [2.45, 2.75) is 20.1 Å². The summed E-state index contributed by atoms with van der Waals surface area (Å²) < 4.78 is 17.0. The molecule has 3 rings (SSSR count). The first-order chi connectivity index (χ1) is 15.1. The van der Waals surface area contributed by atoms with Crippen molar-refractivity contribution in [1.29, 1.82) is 0 Å². The lowest BCUT2D eigenvalue weighted by Gasteiger charge is -2.13. The number of nitrogens with zero attached hydrogens (tertiary/aromatic N) is 1. The fourth-order valence-electron chi connectivity index (χ4n) is 2.89. The lowest BCUT2D eigenvalue weighted by atomic mass is 10.2. The van der Waals surface area contributed by atoms with Crippen LogP contribution in [0.1, 0.15) is 23.6 Å². The zero-order chi connectivity index (χ0) is 22.1.